The highest BCUT2D eigenvalue weighted by Crippen LogP contribution is 2.37. The van der Waals surface area contributed by atoms with Gasteiger partial charge in [-0.05, 0) is 18.2 Å². The van der Waals surface area contributed by atoms with Gasteiger partial charge in [0.05, 0.1) is 16.8 Å². The molecule has 2 N–H and O–H groups in total. The molecule has 1 aromatic carbocycles. The number of carboxylic acid groups (broad SMARTS) is 1. The van der Waals surface area contributed by atoms with Gasteiger partial charge in [-0.25, -0.2) is 9.59 Å². The van der Waals surface area contributed by atoms with Crippen LogP contribution in [0.25, 0.3) is 0 Å². The Hall–Kier alpha value is -2.58. The monoisotopic (exact) mass is 302 g/mol. The number of urea groups is 1. The first-order valence-electron chi connectivity index (χ1n) is 5.76. The van der Waals surface area contributed by atoms with E-state index in [4.69, 9.17) is 5.11 Å². The predicted molar refractivity (Wildman–Crippen MR) is 63.9 cm³/mol. The van der Waals surface area contributed by atoms with Crippen LogP contribution in [0.2, 0.25) is 0 Å². The van der Waals surface area contributed by atoms with Gasteiger partial charge in [0.15, 0.2) is 0 Å². The molecule has 21 heavy (non-hydrogen) atoms. The van der Waals surface area contributed by atoms with Gasteiger partial charge in [-0.15, -0.1) is 0 Å². The van der Waals surface area contributed by atoms with E-state index in [1.807, 2.05) is 5.32 Å². The van der Waals surface area contributed by atoms with E-state index in [9.17, 15) is 27.6 Å². The number of alkyl halides is 3. The minimum Gasteiger partial charge on any atom is -0.478 e. The van der Waals surface area contributed by atoms with Crippen molar-refractivity contribution in [2.75, 3.05) is 11.4 Å². The number of anilines is 1. The highest BCUT2D eigenvalue weighted by molar-refractivity contribution is 6.06. The van der Waals surface area contributed by atoms with E-state index in [1.165, 1.54) is 0 Å². The molecule has 0 aromatic heterocycles. The van der Waals surface area contributed by atoms with Gasteiger partial charge in [0.2, 0.25) is 5.91 Å². The maximum absolute atomic E-state index is 13.0. The second kappa shape index (κ2) is 5.08. The van der Waals surface area contributed by atoms with Crippen LogP contribution in [0, 0.1) is 0 Å². The molecule has 0 bridgehead atoms. The highest BCUT2D eigenvalue weighted by atomic mass is 19.4. The third-order valence-corrected chi connectivity index (χ3v) is 2.89. The Morgan fingerprint density at radius 2 is 1.95 bits per heavy atom. The summed E-state index contributed by atoms with van der Waals surface area (Å²) < 4.78 is 38.9. The number of hydrogen-bond donors (Lipinski definition) is 2. The van der Waals surface area contributed by atoms with Crippen LogP contribution in [0.4, 0.5) is 23.7 Å². The highest BCUT2D eigenvalue weighted by Gasteiger charge is 2.37. The zero-order valence-electron chi connectivity index (χ0n) is 10.4. The lowest BCUT2D eigenvalue weighted by atomic mass is 10.1. The average molecular weight is 302 g/mol. The van der Waals surface area contributed by atoms with Crippen molar-refractivity contribution in [2.24, 2.45) is 0 Å². The smallest absolute Gasteiger partial charge is 0.418 e. The number of imide groups is 1. The molecule has 1 saturated heterocycles. The molecule has 3 amide bonds. The number of hydrogen-bond acceptors (Lipinski definition) is 3. The normalized spacial score (nSPS) is 15.9. The van der Waals surface area contributed by atoms with Crippen molar-refractivity contribution in [2.45, 2.75) is 12.6 Å². The summed E-state index contributed by atoms with van der Waals surface area (Å²) in [6, 6.07) is 1.16. The molecule has 0 aliphatic carbocycles. The number of carbonyl (C=O) groups is 3. The van der Waals surface area contributed by atoms with Crippen LogP contribution in [0.15, 0.2) is 18.2 Å². The fourth-order valence-electron chi connectivity index (χ4n) is 1.92. The van der Waals surface area contributed by atoms with Crippen LogP contribution >= 0.6 is 0 Å². The molecule has 112 valence electrons. The Kier molecular flexibility index (Phi) is 3.58. The van der Waals surface area contributed by atoms with E-state index >= 15 is 0 Å². The predicted octanol–water partition coefficient (Wildman–Crippen LogP) is 1.85. The summed E-state index contributed by atoms with van der Waals surface area (Å²) in [5.41, 5.74) is -2.12. The largest absolute Gasteiger partial charge is 0.478 e. The lowest BCUT2D eigenvalue weighted by molar-refractivity contribution is -0.137. The number of benzene rings is 1. The molecule has 1 fully saturated rings. The average Bonchev–Trinajstić information content (AvgIpc) is 2.36. The molecule has 0 radical (unpaired) electrons. The second-order valence-electron chi connectivity index (χ2n) is 4.29. The number of amides is 3. The first-order valence-corrected chi connectivity index (χ1v) is 5.76. The number of carbonyl (C=O) groups excluding carboxylic acids is 2. The zero-order valence-corrected chi connectivity index (χ0v) is 10.4. The molecular formula is C12H9F3N2O4. The van der Waals surface area contributed by atoms with Gasteiger partial charge in [-0.3, -0.25) is 15.0 Å². The molecular weight excluding hydrogens is 293 g/mol. The van der Waals surface area contributed by atoms with E-state index in [-0.39, 0.29) is 18.5 Å². The third-order valence-electron chi connectivity index (χ3n) is 2.89. The van der Waals surface area contributed by atoms with Crippen LogP contribution in [0.3, 0.4) is 0 Å². The lowest BCUT2D eigenvalue weighted by Crippen LogP contribution is -2.50. The summed E-state index contributed by atoms with van der Waals surface area (Å²) in [6.07, 6.45) is -4.92. The van der Waals surface area contributed by atoms with Crippen molar-refractivity contribution in [3.63, 3.8) is 0 Å². The maximum Gasteiger partial charge on any atom is 0.418 e. The van der Waals surface area contributed by atoms with Crippen LogP contribution in [-0.4, -0.2) is 29.6 Å². The van der Waals surface area contributed by atoms with Crippen LogP contribution < -0.4 is 10.2 Å². The summed E-state index contributed by atoms with van der Waals surface area (Å²) in [4.78, 5) is 34.3. The summed E-state index contributed by atoms with van der Waals surface area (Å²) in [7, 11) is 0. The first-order chi connectivity index (χ1) is 9.70. The fourth-order valence-corrected chi connectivity index (χ4v) is 1.92. The van der Waals surface area contributed by atoms with E-state index < -0.39 is 35.3 Å². The summed E-state index contributed by atoms with van der Waals surface area (Å²) in [6.45, 7) is -0.253. The number of nitrogens with one attached hydrogen (secondary N) is 1. The Morgan fingerprint density at radius 1 is 1.29 bits per heavy atom. The second-order valence-corrected chi connectivity index (χ2v) is 4.29. The van der Waals surface area contributed by atoms with Crippen molar-refractivity contribution < 1.29 is 32.7 Å². The molecule has 2 rings (SSSR count). The maximum atomic E-state index is 13.0. The van der Waals surface area contributed by atoms with Crippen LogP contribution in [0.5, 0.6) is 0 Å². The quantitative estimate of drug-likeness (QED) is 0.873. The molecule has 0 unspecified atom stereocenters. The molecule has 1 heterocycles. The van der Waals surface area contributed by atoms with Gasteiger partial charge in [-0.2, -0.15) is 13.2 Å². The zero-order chi connectivity index (χ0) is 15.8. The van der Waals surface area contributed by atoms with Gasteiger partial charge < -0.3 is 5.11 Å². The number of halogens is 3. The Labute approximate surface area is 116 Å². The van der Waals surface area contributed by atoms with E-state index in [0.29, 0.717) is 11.0 Å². The van der Waals surface area contributed by atoms with Gasteiger partial charge in [0, 0.05) is 13.0 Å². The molecule has 1 aliphatic rings. The summed E-state index contributed by atoms with van der Waals surface area (Å²) in [5, 5.41) is 10.7. The third kappa shape index (κ3) is 2.96. The van der Waals surface area contributed by atoms with Gasteiger partial charge in [0.25, 0.3) is 0 Å². The lowest BCUT2D eigenvalue weighted by Gasteiger charge is -2.29. The SMILES string of the molecule is O=C1CCN(c2cc(C(=O)O)ccc2C(F)(F)F)C(=O)N1. The molecule has 0 saturated carbocycles. The van der Waals surface area contributed by atoms with Crippen LogP contribution in [-0.2, 0) is 11.0 Å². The first kappa shape index (κ1) is 14.8. The summed E-state index contributed by atoms with van der Waals surface area (Å²) in [5.74, 6) is -2.02. The molecule has 6 nitrogen and oxygen atoms in total. The van der Waals surface area contributed by atoms with Crippen molar-refractivity contribution in [1.29, 1.82) is 0 Å². The number of nitrogens with zero attached hydrogens (tertiary/aromatic N) is 1. The van der Waals surface area contributed by atoms with E-state index in [1.54, 1.807) is 0 Å². The molecule has 0 spiro atoms. The Bertz CT molecular complexity index is 627. The van der Waals surface area contributed by atoms with Crippen LogP contribution in [0.1, 0.15) is 22.3 Å². The fraction of sp³-hybridized carbons (Fsp3) is 0.250. The Balaban J connectivity index is 2.53. The molecule has 0 atom stereocenters. The molecule has 1 aromatic rings. The van der Waals surface area contributed by atoms with Gasteiger partial charge in [-0.1, -0.05) is 0 Å². The van der Waals surface area contributed by atoms with E-state index in [2.05, 4.69) is 0 Å². The molecule has 9 heteroatoms. The summed E-state index contributed by atoms with van der Waals surface area (Å²) >= 11 is 0. The Morgan fingerprint density at radius 3 is 2.48 bits per heavy atom. The topological polar surface area (TPSA) is 86.7 Å². The van der Waals surface area contributed by atoms with Gasteiger partial charge in [0.1, 0.15) is 0 Å². The minimum absolute atomic E-state index is 0.166. The number of carboxylic acids is 1. The van der Waals surface area contributed by atoms with Crippen molar-refractivity contribution >= 4 is 23.6 Å². The number of rotatable bonds is 2. The standard InChI is InChI=1S/C12H9F3N2O4/c13-12(14,15)7-2-1-6(10(19)20)5-8(7)17-4-3-9(18)16-11(17)21/h1-2,5H,3-4H2,(H,19,20)(H,16,18,21). The number of aromatic carboxylic acids is 1. The van der Waals surface area contributed by atoms with Crippen molar-refractivity contribution in [3.8, 4) is 0 Å². The van der Waals surface area contributed by atoms with Gasteiger partial charge >= 0.3 is 18.2 Å². The van der Waals surface area contributed by atoms with Crippen molar-refractivity contribution in [3.05, 3.63) is 29.3 Å². The molecule has 1 aliphatic heterocycles. The van der Waals surface area contributed by atoms with E-state index in [0.717, 1.165) is 12.1 Å². The minimum atomic E-state index is -4.76. The van der Waals surface area contributed by atoms with Crippen molar-refractivity contribution in [1.82, 2.24) is 5.32 Å².